The first kappa shape index (κ1) is 27.3. The maximum Gasteiger partial charge on any atom is 0.280 e. The van der Waals surface area contributed by atoms with Crippen molar-refractivity contribution in [1.29, 1.82) is 0 Å². The lowest BCUT2D eigenvalue weighted by atomic mass is 10.1. The Morgan fingerprint density at radius 1 is 0.892 bits per heavy atom. The van der Waals surface area contributed by atoms with Crippen molar-refractivity contribution in [2.75, 3.05) is 33.8 Å². The quantitative estimate of drug-likeness (QED) is 0.0933. The van der Waals surface area contributed by atoms with Crippen LogP contribution in [0.1, 0.15) is 21.5 Å². The fraction of sp³-hybridized carbons (Fsp3) is 0.148. The Kier molecular flexibility index (Phi) is 9.28. The lowest BCUT2D eigenvalue weighted by Gasteiger charge is -2.13. The van der Waals surface area contributed by atoms with Gasteiger partial charge in [-0.15, -0.1) is 0 Å². The third-order valence-electron chi connectivity index (χ3n) is 5.27. The molecule has 0 spiro atoms. The molecule has 0 unspecified atom stereocenters. The van der Waals surface area contributed by atoms with Gasteiger partial charge >= 0.3 is 0 Å². The van der Waals surface area contributed by atoms with Crippen LogP contribution in [0, 0.1) is 10.1 Å². The van der Waals surface area contributed by atoms with Crippen molar-refractivity contribution in [3.05, 3.63) is 92.1 Å². The summed E-state index contributed by atoms with van der Waals surface area (Å²) in [5, 5.41) is 14.2. The molecule has 0 radical (unpaired) electrons. The van der Waals surface area contributed by atoms with Crippen molar-refractivity contribution in [2.45, 2.75) is 0 Å². The van der Waals surface area contributed by atoms with E-state index < -0.39 is 10.7 Å². The topological polar surface area (TPSA) is 109 Å². The van der Waals surface area contributed by atoms with Gasteiger partial charge in [0, 0.05) is 18.3 Å². The number of nitro benzene ring substituents is 1. The maximum atomic E-state index is 12.5. The molecule has 3 aromatic carbocycles. The predicted molar refractivity (Wildman–Crippen MR) is 146 cm³/mol. The van der Waals surface area contributed by atoms with Crippen LogP contribution in [0.5, 0.6) is 23.0 Å². The standard InChI is InChI=1S/C27H25BrN2O7/c1-34-24-15-18(16-25(35-2)27(24)37-4)10-9-17-13-20(28)26(36-3)21(14-17)29-12-11-23(31)19-7-5-6-8-22(19)30(32)33/h5-16,29H,1-4H3/b10-9-,12-11-. The van der Waals surface area contributed by atoms with Crippen molar-refractivity contribution < 1.29 is 28.7 Å². The van der Waals surface area contributed by atoms with Gasteiger partial charge in [-0.2, -0.15) is 0 Å². The van der Waals surface area contributed by atoms with Gasteiger partial charge in [-0.25, -0.2) is 0 Å². The molecule has 0 aliphatic carbocycles. The Labute approximate surface area is 222 Å². The van der Waals surface area contributed by atoms with Crippen LogP contribution in [0.4, 0.5) is 11.4 Å². The van der Waals surface area contributed by atoms with Crippen molar-refractivity contribution in [1.82, 2.24) is 0 Å². The number of nitrogens with zero attached hydrogens (tertiary/aromatic N) is 1. The fourth-order valence-electron chi connectivity index (χ4n) is 3.55. The zero-order chi connectivity index (χ0) is 26.9. The molecule has 0 atom stereocenters. The first-order chi connectivity index (χ1) is 17.8. The van der Waals surface area contributed by atoms with Crippen molar-refractivity contribution in [2.24, 2.45) is 0 Å². The lowest BCUT2D eigenvalue weighted by molar-refractivity contribution is -0.385. The summed E-state index contributed by atoms with van der Waals surface area (Å²) >= 11 is 3.51. The van der Waals surface area contributed by atoms with Crippen LogP contribution in [0.15, 0.2) is 65.3 Å². The van der Waals surface area contributed by atoms with E-state index in [1.54, 1.807) is 27.4 Å². The summed E-state index contributed by atoms with van der Waals surface area (Å²) in [6.45, 7) is 0. The van der Waals surface area contributed by atoms with Crippen LogP contribution in [-0.4, -0.2) is 39.1 Å². The minimum atomic E-state index is -0.585. The molecule has 37 heavy (non-hydrogen) atoms. The summed E-state index contributed by atoms with van der Waals surface area (Å²) in [5.74, 6) is 1.59. The summed E-state index contributed by atoms with van der Waals surface area (Å²) in [6.07, 6.45) is 6.42. The predicted octanol–water partition coefficient (Wildman–Crippen LogP) is 6.37. The second-order valence-corrected chi connectivity index (χ2v) is 8.35. The SMILES string of the molecule is COc1cc(/C=C\c2cc(Br)c(OC)c(N/C=C\C(=O)c3ccccc3[N+](=O)[O-])c2)cc(OC)c1OC. The highest BCUT2D eigenvalue weighted by Crippen LogP contribution is 2.39. The maximum absolute atomic E-state index is 12.5. The number of nitrogens with one attached hydrogen (secondary N) is 1. The molecule has 0 aliphatic rings. The van der Waals surface area contributed by atoms with Gasteiger partial charge in [0.2, 0.25) is 5.75 Å². The number of ketones is 1. The van der Waals surface area contributed by atoms with Gasteiger partial charge < -0.3 is 24.3 Å². The molecule has 0 bridgehead atoms. The van der Waals surface area contributed by atoms with E-state index in [1.165, 1.54) is 37.6 Å². The molecular weight excluding hydrogens is 544 g/mol. The molecular formula is C27H25BrN2O7. The number of halogens is 1. The van der Waals surface area contributed by atoms with E-state index in [4.69, 9.17) is 18.9 Å². The number of rotatable bonds is 11. The van der Waals surface area contributed by atoms with Gasteiger partial charge in [0.15, 0.2) is 23.0 Å². The van der Waals surface area contributed by atoms with Crippen molar-refractivity contribution in [3.8, 4) is 23.0 Å². The van der Waals surface area contributed by atoms with Crippen LogP contribution < -0.4 is 24.3 Å². The van der Waals surface area contributed by atoms with Crippen molar-refractivity contribution >= 4 is 45.2 Å². The number of hydrogen-bond donors (Lipinski definition) is 1. The third kappa shape index (κ3) is 6.47. The van der Waals surface area contributed by atoms with Gasteiger partial charge in [-0.1, -0.05) is 24.3 Å². The first-order valence-corrected chi connectivity index (χ1v) is 11.7. The molecule has 0 saturated carbocycles. The molecule has 0 fully saturated rings. The third-order valence-corrected chi connectivity index (χ3v) is 5.85. The normalized spacial score (nSPS) is 10.9. The summed E-state index contributed by atoms with van der Waals surface area (Å²) in [6, 6.07) is 13.1. The summed E-state index contributed by atoms with van der Waals surface area (Å²) in [7, 11) is 6.18. The van der Waals surface area contributed by atoms with Gasteiger partial charge in [0.1, 0.15) is 0 Å². The van der Waals surface area contributed by atoms with E-state index in [0.717, 1.165) is 11.1 Å². The number of methoxy groups -OCH3 is 4. The van der Waals surface area contributed by atoms with Gasteiger partial charge in [0.05, 0.1) is 49.1 Å². The van der Waals surface area contributed by atoms with Crippen LogP contribution in [0.3, 0.4) is 0 Å². The summed E-state index contributed by atoms with van der Waals surface area (Å²) in [4.78, 5) is 23.2. The number of ether oxygens (including phenoxy) is 4. The average Bonchev–Trinajstić information content (AvgIpc) is 2.90. The lowest BCUT2D eigenvalue weighted by Crippen LogP contribution is -2.02. The Hall–Kier alpha value is -4.31. The summed E-state index contributed by atoms with van der Waals surface area (Å²) in [5.41, 5.74) is 1.97. The van der Waals surface area contributed by atoms with Crippen LogP contribution in [0.25, 0.3) is 12.2 Å². The highest BCUT2D eigenvalue weighted by molar-refractivity contribution is 9.10. The minimum absolute atomic E-state index is 0.000674. The zero-order valence-corrected chi connectivity index (χ0v) is 22.2. The molecule has 0 aromatic heterocycles. The fourth-order valence-corrected chi connectivity index (χ4v) is 4.19. The van der Waals surface area contributed by atoms with Crippen LogP contribution >= 0.6 is 15.9 Å². The molecule has 0 saturated heterocycles. The average molecular weight is 569 g/mol. The number of nitro groups is 1. The number of carbonyl (C=O) groups excluding carboxylic acids is 1. The van der Waals surface area contributed by atoms with Gasteiger partial charge in [-0.3, -0.25) is 14.9 Å². The Balaban J connectivity index is 1.87. The molecule has 9 nitrogen and oxygen atoms in total. The number of anilines is 1. The molecule has 192 valence electrons. The number of benzene rings is 3. The number of carbonyl (C=O) groups is 1. The molecule has 0 heterocycles. The van der Waals surface area contributed by atoms with E-state index in [9.17, 15) is 14.9 Å². The van der Waals surface area contributed by atoms with E-state index >= 15 is 0 Å². The highest BCUT2D eigenvalue weighted by atomic mass is 79.9. The van der Waals surface area contributed by atoms with Crippen LogP contribution in [0.2, 0.25) is 0 Å². The Morgan fingerprint density at radius 3 is 2.05 bits per heavy atom. The Bertz CT molecular complexity index is 1340. The zero-order valence-electron chi connectivity index (χ0n) is 20.6. The number of allylic oxidation sites excluding steroid dienone is 1. The number of hydrogen-bond acceptors (Lipinski definition) is 8. The van der Waals surface area contributed by atoms with E-state index in [2.05, 4.69) is 21.2 Å². The molecule has 10 heteroatoms. The molecule has 0 amide bonds. The smallest absolute Gasteiger partial charge is 0.280 e. The monoisotopic (exact) mass is 568 g/mol. The molecule has 3 aromatic rings. The van der Waals surface area contributed by atoms with E-state index in [0.29, 0.717) is 33.2 Å². The van der Waals surface area contributed by atoms with E-state index in [1.807, 2.05) is 36.4 Å². The highest BCUT2D eigenvalue weighted by Gasteiger charge is 2.17. The van der Waals surface area contributed by atoms with E-state index in [-0.39, 0.29) is 11.3 Å². The largest absolute Gasteiger partial charge is 0.493 e. The molecule has 3 rings (SSSR count). The first-order valence-electron chi connectivity index (χ1n) is 10.9. The van der Waals surface area contributed by atoms with Gasteiger partial charge in [0.25, 0.3) is 5.69 Å². The minimum Gasteiger partial charge on any atom is -0.493 e. The second-order valence-electron chi connectivity index (χ2n) is 7.49. The molecule has 0 aliphatic heterocycles. The number of para-hydroxylation sites is 1. The van der Waals surface area contributed by atoms with Gasteiger partial charge in [-0.05, 0) is 57.4 Å². The molecule has 1 N–H and O–H groups in total. The second kappa shape index (κ2) is 12.6. The Morgan fingerprint density at radius 2 is 1.49 bits per heavy atom. The van der Waals surface area contributed by atoms with Crippen LogP contribution in [-0.2, 0) is 0 Å². The van der Waals surface area contributed by atoms with Crippen molar-refractivity contribution in [3.63, 3.8) is 0 Å². The summed E-state index contributed by atoms with van der Waals surface area (Å²) < 4.78 is 22.4.